The number of aromatic nitrogens is 2. The number of carbonyl (C=O) groups excluding carboxylic acids is 1. The van der Waals surface area contributed by atoms with Crippen molar-refractivity contribution < 1.29 is 9.32 Å². The molecule has 2 amide bonds. The Balaban J connectivity index is 1.63. The van der Waals surface area contributed by atoms with E-state index in [0.717, 1.165) is 39.4 Å². The van der Waals surface area contributed by atoms with Crippen molar-refractivity contribution in [3.8, 4) is 11.4 Å². The first-order valence-electron chi connectivity index (χ1n) is 11.5. The van der Waals surface area contributed by atoms with Crippen LogP contribution in [-0.4, -0.2) is 22.4 Å². The van der Waals surface area contributed by atoms with Crippen LogP contribution >= 0.6 is 11.8 Å². The number of thioether (sulfide) groups is 1. The van der Waals surface area contributed by atoms with E-state index in [2.05, 4.69) is 41.7 Å². The number of amides is 2. The first-order chi connectivity index (χ1) is 17.1. The summed E-state index contributed by atoms with van der Waals surface area (Å²) in [7, 11) is 0. The van der Waals surface area contributed by atoms with Crippen molar-refractivity contribution in [3.05, 3.63) is 102 Å². The van der Waals surface area contributed by atoms with Gasteiger partial charge in [-0.05, 0) is 55.0 Å². The van der Waals surface area contributed by atoms with Crippen molar-refractivity contribution in [2.75, 3.05) is 11.2 Å². The Kier molecular flexibility index (Phi) is 6.42. The minimum absolute atomic E-state index is 0.199. The number of urea groups is 1. The van der Waals surface area contributed by atoms with Crippen molar-refractivity contribution in [1.29, 1.82) is 0 Å². The molecule has 0 spiro atoms. The van der Waals surface area contributed by atoms with Crippen LogP contribution in [-0.2, 0) is 6.42 Å². The Morgan fingerprint density at radius 3 is 2.37 bits per heavy atom. The minimum Gasteiger partial charge on any atom is -0.334 e. The lowest BCUT2D eigenvalue weighted by molar-refractivity contribution is 0.244. The van der Waals surface area contributed by atoms with E-state index in [4.69, 9.17) is 9.51 Å². The number of anilines is 1. The van der Waals surface area contributed by atoms with E-state index < -0.39 is 6.04 Å². The van der Waals surface area contributed by atoms with E-state index in [0.29, 0.717) is 11.7 Å². The van der Waals surface area contributed by atoms with Crippen LogP contribution in [0.2, 0.25) is 0 Å². The van der Waals surface area contributed by atoms with Gasteiger partial charge >= 0.3 is 6.03 Å². The minimum atomic E-state index is -0.417. The molecule has 0 saturated carbocycles. The lowest BCUT2D eigenvalue weighted by Gasteiger charge is -2.35. The van der Waals surface area contributed by atoms with Crippen LogP contribution in [0.4, 0.5) is 10.5 Å². The summed E-state index contributed by atoms with van der Waals surface area (Å²) in [5, 5.41) is 7.41. The van der Waals surface area contributed by atoms with Crippen LogP contribution in [0.25, 0.3) is 17.0 Å². The maximum Gasteiger partial charge on any atom is 0.326 e. The Morgan fingerprint density at radius 1 is 1.00 bits per heavy atom. The van der Waals surface area contributed by atoms with E-state index in [1.807, 2.05) is 67.8 Å². The summed E-state index contributed by atoms with van der Waals surface area (Å²) in [5.74, 6) is 0.894. The smallest absolute Gasteiger partial charge is 0.326 e. The van der Waals surface area contributed by atoms with Gasteiger partial charge in [-0.3, -0.25) is 4.90 Å². The highest BCUT2D eigenvalue weighted by atomic mass is 32.2. The number of allylic oxidation sites excluding steroid dienone is 1. The number of benzene rings is 3. The molecule has 1 N–H and O–H groups in total. The lowest BCUT2D eigenvalue weighted by atomic mass is 9.93. The molecule has 1 aliphatic rings. The molecule has 0 saturated heterocycles. The van der Waals surface area contributed by atoms with Gasteiger partial charge in [0.1, 0.15) is 0 Å². The third-order valence-corrected chi connectivity index (χ3v) is 6.97. The maximum atomic E-state index is 13.4. The van der Waals surface area contributed by atoms with E-state index in [1.54, 1.807) is 16.7 Å². The summed E-state index contributed by atoms with van der Waals surface area (Å²) in [6.07, 6.45) is 2.98. The molecule has 0 radical (unpaired) electrons. The van der Waals surface area contributed by atoms with Crippen molar-refractivity contribution in [3.63, 3.8) is 0 Å². The second-order valence-corrected chi connectivity index (χ2v) is 9.18. The van der Waals surface area contributed by atoms with Gasteiger partial charge in [-0.15, -0.1) is 11.8 Å². The van der Waals surface area contributed by atoms with Crippen LogP contribution < -0.4 is 10.2 Å². The fourth-order valence-electron chi connectivity index (χ4n) is 4.30. The molecular weight excluding hydrogens is 456 g/mol. The largest absolute Gasteiger partial charge is 0.334 e. The zero-order valence-corrected chi connectivity index (χ0v) is 20.7. The Labute approximate surface area is 209 Å². The highest BCUT2D eigenvalue weighted by Gasteiger charge is 2.36. The number of nitrogens with one attached hydrogen (secondary N) is 1. The van der Waals surface area contributed by atoms with E-state index in [-0.39, 0.29) is 6.03 Å². The van der Waals surface area contributed by atoms with Gasteiger partial charge < -0.3 is 9.84 Å². The van der Waals surface area contributed by atoms with Crippen LogP contribution in [0.5, 0.6) is 0 Å². The number of aryl methyl sites for hydroxylation is 1. The van der Waals surface area contributed by atoms with Gasteiger partial charge in [0.25, 0.3) is 5.89 Å². The first-order valence-corrected chi connectivity index (χ1v) is 12.7. The third-order valence-electron chi connectivity index (χ3n) is 6.23. The molecule has 2 heterocycles. The molecule has 1 atom stereocenters. The van der Waals surface area contributed by atoms with Crippen molar-refractivity contribution in [2.24, 2.45) is 0 Å². The van der Waals surface area contributed by atoms with Gasteiger partial charge in [0, 0.05) is 16.2 Å². The second-order valence-electron chi connectivity index (χ2n) is 8.30. The number of hydrogen-bond donors (Lipinski definition) is 1. The number of carbonyl (C=O) groups is 1. The predicted molar refractivity (Wildman–Crippen MR) is 140 cm³/mol. The molecule has 1 aliphatic heterocycles. The van der Waals surface area contributed by atoms with Gasteiger partial charge in [0.15, 0.2) is 0 Å². The number of rotatable bonds is 6. The maximum absolute atomic E-state index is 13.4. The fraction of sp³-hybridized carbons (Fsp3) is 0.179. The lowest BCUT2D eigenvalue weighted by Crippen LogP contribution is -2.46. The summed E-state index contributed by atoms with van der Waals surface area (Å²) in [6.45, 7) is 4.05. The first kappa shape index (κ1) is 22.9. The average Bonchev–Trinajstić information content (AvgIpc) is 3.39. The van der Waals surface area contributed by atoms with Gasteiger partial charge in [0.2, 0.25) is 5.82 Å². The highest BCUT2D eigenvalue weighted by Crippen LogP contribution is 2.39. The summed E-state index contributed by atoms with van der Waals surface area (Å²) in [4.78, 5) is 20.9. The molecule has 0 fully saturated rings. The molecule has 176 valence electrons. The third kappa shape index (κ3) is 4.47. The van der Waals surface area contributed by atoms with Crippen molar-refractivity contribution in [2.45, 2.75) is 31.2 Å². The van der Waals surface area contributed by atoms with Crippen molar-refractivity contribution in [1.82, 2.24) is 15.5 Å². The molecule has 6 nitrogen and oxygen atoms in total. The standard InChI is InChI=1S/C28H26N4O2S/c1-4-19-10-12-20(13-11-19)25-24(27-30-26(31-34-27)21-8-6-5-7-9-21)18(2)32(28(33)29-25)22-14-16-23(35-3)17-15-22/h5-17,25H,4H2,1-3H3,(H,29,33). The van der Waals surface area contributed by atoms with Gasteiger partial charge in [-0.25, -0.2) is 4.79 Å². The molecule has 1 unspecified atom stereocenters. The summed E-state index contributed by atoms with van der Waals surface area (Å²) >= 11 is 1.66. The summed E-state index contributed by atoms with van der Waals surface area (Å²) < 4.78 is 5.78. The van der Waals surface area contributed by atoms with Crippen LogP contribution in [0.15, 0.2) is 94.0 Å². The van der Waals surface area contributed by atoms with Gasteiger partial charge in [-0.1, -0.05) is 66.7 Å². The van der Waals surface area contributed by atoms with Crippen LogP contribution in [0, 0.1) is 0 Å². The van der Waals surface area contributed by atoms with Crippen LogP contribution in [0.3, 0.4) is 0 Å². The second kappa shape index (κ2) is 9.80. The molecule has 4 aromatic rings. The zero-order valence-electron chi connectivity index (χ0n) is 19.9. The number of nitrogens with zero attached hydrogens (tertiary/aromatic N) is 3. The summed E-state index contributed by atoms with van der Waals surface area (Å²) in [6, 6.07) is 25.3. The molecular formula is C28H26N4O2S. The van der Waals surface area contributed by atoms with E-state index in [1.165, 1.54) is 5.56 Å². The van der Waals surface area contributed by atoms with E-state index in [9.17, 15) is 4.79 Å². The highest BCUT2D eigenvalue weighted by molar-refractivity contribution is 7.98. The molecule has 1 aromatic heterocycles. The van der Waals surface area contributed by atoms with Gasteiger partial charge in [0.05, 0.1) is 17.3 Å². The topological polar surface area (TPSA) is 71.3 Å². The molecule has 3 aromatic carbocycles. The molecule has 5 rings (SSSR count). The SMILES string of the molecule is CCc1ccc(C2NC(=O)N(c3ccc(SC)cc3)C(C)=C2c2nc(-c3ccccc3)no2)cc1. The number of hydrogen-bond acceptors (Lipinski definition) is 5. The Morgan fingerprint density at radius 2 is 1.71 bits per heavy atom. The predicted octanol–water partition coefficient (Wildman–Crippen LogP) is 6.72. The monoisotopic (exact) mass is 482 g/mol. The molecule has 7 heteroatoms. The van der Waals surface area contributed by atoms with Crippen molar-refractivity contribution >= 4 is 29.1 Å². The Bertz CT molecular complexity index is 1360. The summed E-state index contributed by atoms with van der Waals surface area (Å²) in [5.41, 5.74) is 5.36. The fourth-order valence-corrected chi connectivity index (χ4v) is 4.70. The average molecular weight is 483 g/mol. The quantitative estimate of drug-likeness (QED) is 0.309. The molecule has 0 bridgehead atoms. The normalized spacial score (nSPS) is 15.9. The van der Waals surface area contributed by atoms with Crippen LogP contribution in [0.1, 0.15) is 36.9 Å². The van der Waals surface area contributed by atoms with Gasteiger partial charge in [-0.2, -0.15) is 4.98 Å². The van der Waals surface area contributed by atoms with E-state index >= 15 is 0 Å². The molecule has 0 aliphatic carbocycles. The molecule has 35 heavy (non-hydrogen) atoms. The Hall–Kier alpha value is -3.84. The zero-order chi connectivity index (χ0) is 24.4.